The SMILES string of the molecule is C1CCNCC1.COc1cc(Nc2cccc(F)c2)n2ncc(C3CC3)c2n1. The summed E-state index contributed by atoms with van der Waals surface area (Å²) in [5.41, 5.74) is 2.58. The number of aromatic nitrogens is 3. The summed E-state index contributed by atoms with van der Waals surface area (Å²) in [5, 5.41) is 10.9. The first-order valence-electron chi connectivity index (χ1n) is 9.90. The molecule has 0 radical (unpaired) electrons. The first-order chi connectivity index (χ1) is 13.7. The highest BCUT2D eigenvalue weighted by atomic mass is 19.1. The number of hydrogen-bond donors (Lipinski definition) is 2. The van der Waals surface area contributed by atoms with E-state index >= 15 is 0 Å². The molecule has 6 nitrogen and oxygen atoms in total. The molecule has 0 unspecified atom stereocenters. The Morgan fingerprint density at radius 2 is 2.00 bits per heavy atom. The summed E-state index contributed by atoms with van der Waals surface area (Å²) in [5.74, 6) is 1.45. The molecule has 1 saturated heterocycles. The monoisotopic (exact) mass is 383 g/mol. The minimum Gasteiger partial charge on any atom is -0.481 e. The van der Waals surface area contributed by atoms with Crippen LogP contribution in [0.4, 0.5) is 15.9 Å². The standard InChI is InChI=1S/C16H15FN4O.C5H11N/c1-22-15-8-14(19-12-4-2-3-11(17)7-12)21-16(20-15)13(9-18-21)10-5-6-10;1-2-4-6-5-3-1/h2-4,7-10,19H,5-6H2,1H3;6H,1-5H2. The molecule has 3 heterocycles. The van der Waals surface area contributed by atoms with E-state index in [0.29, 0.717) is 23.3 Å². The molecule has 3 aromatic rings. The van der Waals surface area contributed by atoms with Gasteiger partial charge in [-0.1, -0.05) is 12.5 Å². The number of nitrogens with one attached hydrogen (secondary N) is 2. The largest absolute Gasteiger partial charge is 0.481 e. The van der Waals surface area contributed by atoms with Crippen molar-refractivity contribution >= 4 is 17.2 Å². The zero-order valence-electron chi connectivity index (χ0n) is 16.1. The molecular weight excluding hydrogens is 357 g/mol. The predicted molar refractivity (Wildman–Crippen MR) is 108 cm³/mol. The lowest BCUT2D eigenvalue weighted by Gasteiger charge is -2.10. The molecule has 0 amide bonds. The Labute approximate surface area is 164 Å². The number of rotatable bonds is 4. The van der Waals surface area contributed by atoms with E-state index in [4.69, 9.17) is 4.74 Å². The van der Waals surface area contributed by atoms with Crippen LogP contribution in [0.25, 0.3) is 5.65 Å². The van der Waals surface area contributed by atoms with Gasteiger partial charge in [-0.3, -0.25) is 0 Å². The van der Waals surface area contributed by atoms with E-state index in [0.717, 1.165) is 11.2 Å². The maximum atomic E-state index is 13.3. The molecule has 7 heteroatoms. The van der Waals surface area contributed by atoms with Crippen LogP contribution in [0.1, 0.15) is 43.6 Å². The summed E-state index contributed by atoms with van der Waals surface area (Å²) >= 11 is 0. The van der Waals surface area contributed by atoms with E-state index < -0.39 is 0 Å². The van der Waals surface area contributed by atoms with Crippen LogP contribution in [-0.2, 0) is 0 Å². The summed E-state index contributed by atoms with van der Waals surface area (Å²) in [6, 6.07) is 8.05. The molecule has 2 aliphatic rings. The Kier molecular flexibility index (Phi) is 5.71. The summed E-state index contributed by atoms with van der Waals surface area (Å²) in [6.07, 6.45) is 8.42. The van der Waals surface area contributed by atoms with Gasteiger partial charge in [0.1, 0.15) is 11.6 Å². The second-order valence-electron chi connectivity index (χ2n) is 7.24. The fraction of sp³-hybridized carbons (Fsp3) is 0.429. The highest BCUT2D eigenvalue weighted by Gasteiger charge is 2.28. The summed E-state index contributed by atoms with van der Waals surface area (Å²) in [7, 11) is 1.58. The number of methoxy groups -OCH3 is 1. The fourth-order valence-electron chi connectivity index (χ4n) is 3.35. The average molecular weight is 383 g/mol. The maximum Gasteiger partial charge on any atom is 0.218 e. The van der Waals surface area contributed by atoms with Gasteiger partial charge in [-0.05, 0) is 62.9 Å². The third-order valence-electron chi connectivity index (χ3n) is 5.01. The number of anilines is 2. The van der Waals surface area contributed by atoms with E-state index in [2.05, 4.69) is 20.7 Å². The van der Waals surface area contributed by atoms with Crippen molar-refractivity contribution in [3.8, 4) is 5.88 Å². The topological polar surface area (TPSA) is 63.5 Å². The van der Waals surface area contributed by atoms with Crippen molar-refractivity contribution in [1.29, 1.82) is 0 Å². The Bertz CT molecular complexity index is 922. The third-order valence-corrected chi connectivity index (χ3v) is 5.01. The number of benzene rings is 1. The van der Waals surface area contributed by atoms with Crippen LogP contribution in [0.2, 0.25) is 0 Å². The zero-order chi connectivity index (χ0) is 19.3. The Balaban J connectivity index is 0.000000275. The second kappa shape index (κ2) is 8.56. The van der Waals surface area contributed by atoms with E-state index in [1.165, 1.54) is 57.3 Å². The molecule has 148 valence electrons. The van der Waals surface area contributed by atoms with Gasteiger partial charge in [-0.15, -0.1) is 0 Å². The van der Waals surface area contributed by atoms with E-state index in [1.54, 1.807) is 29.8 Å². The minimum absolute atomic E-state index is 0.290. The van der Waals surface area contributed by atoms with Gasteiger partial charge >= 0.3 is 0 Å². The molecule has 2 fully saturated rings. The van der Waals surface area contributed by atoms with Crippen LogP contribution in [0.15, 0.2) is 36.5 Å². The predicted octanol–water partition coefficient (Wildman–Crippen LogP) is 4.26. The van der Waals surface area contributed by atoms with Gasteiger partial charge < -0.3 is 15.4 Å². The number of hydrogen-bond acceptors (Lipinski definition) is 5. The van der Waals surface area contributed by atoms with Crippen LogP contribution in [-0.4, -0.2) is 34.8 Å². The Morgan fingerprint density at radius 3 is 2.61 bits per heavy atom. The molecule has 1 aliphatic carbocycles. The molecule has 2 N–H and O–H groups in total. The molecule has 1 aliphatic heterocycles. The highest BCUT2D eigenvalue weighted by Crippen LogP contribution is 2.42. The lowest BCUT2D eigenvalue weighted by molar-refractivity contribution is 0.398. The fourth-order valence-corrected chi connectivity index (χ4v) is 3.35. The smallest absolute Gasteiger partial charge is 0.218 e. The molecule has 0 atom stereocenters. The molecule has 0 bridgehead atoms. The average Bonchev–Trinajstić information content (AvgIpc) is 3.48. The third kappa shape index (κ3) is 4.42. The van der Waals surface area contributed by atoms with Crippen molar-refractivity contribution < 1.29 is 9.13 Å². The number of ether oxygens (including phenoxy) is 1. The van der Waals surface area contributed by atoms with E-state index in [9.17, 15) is 4.39 Å². The number of piperidine rings is 1. The second-order valence-corrected chi connectivity index (χ2v) is 7.24. The van der Waals surface area contributed by atoms with Crippen molar-refractivity contribution in [1.82, 2.24) is 19.9 Å². The van der Waals surface area contributed by atoms with E-state index in [1.807, 2.05) is 6.20 Å². The quantitative estimate of drug-likeness (QED) is 0.705. The summed E-state index contributed by atoms with van der Waals surface area (Å²) < 4.78 is 20.4. The summed E-state index contributed by atoms with van der Waals surface area (Å²) in [6.45, 7) is 2.50. The summed E-state index contributed by atoms with van der Waals surface area (Å²) in [4.78, 5) is 4.50. The first-order valence-corrected chi connectivity index (χ1v) is 9.90. The van der Waals surface area contributed by atoms with Crippen LogP contribution < -0.4 is 15.4 Å². The van der Waals surface area contributed by atoms with Gasteiger partial charge in [0, 0.05) is 17.3 Å². The molecule has 5 rings (SSSR count). The number of fused-ring (bicyclic) bond motifs is 1. The van der Waals surface area contributed by atoms with Crippen molar-refractivity contribution in [2.45, 2.75) is 38.0 Å². The van der Waals surface area contributed by atoms with Crippen LogP contribution in [0.3, 0.4) is 0 Å². The lowest BCUT2D eigenvalue weighted by Crippen LogP contribution is -2.21. The number of halogens is 1. The van der Waals surface area contributed by atoms with Gasteiger partial charge in [-0.2, -0.15) is 14.6 Å². The highest BCUT2D eigenvalue weighted by molar-refractivity contribution is 5.63. The molecule has 1 aromatic carbocycles. The van der Waals surface area contributed by atoms with Crippen molar-refractivity contribution in [3.63, 3.8) is 0 Å². The molecule has 28 heavy (non-hydrogen) atoms. The van der Waals surface area contributed by atoms with Crippen LogP contribution in [0, 0.1) is 5.82 Å². The minimum atomic E-state index is -0.290. The van der Waals surface area contributed by atoms with Crippen LogP contribution in [0.5, 0.6) is 5.88 Å². The van der Waals surface area contributed by atoms with Gasteiger partial charge in [0.15, 0.2) is 5.65 Å². The van der Waals surface area contributed by atoms with Crippen LogP contribution >= 0.6 is 0 Å². The van der Waals surface area contributed by atoms with Gasteiger partial charge in [0.2, 0.25) is 5.88 Å². The first kappa shape index (κ1) is 18.7. The normalized spacial score (nSPS) is 16.4. The molecule has 2 aromatic heterocycles. The van der Waals surface area contributed by atoms with Crippen molar-refractivity contribution in [3.05, 3.63) is 47.9 Å². The molecule has 1 saturated carbocycles. The van der Waals surface area contributed by atoms with Gasteiger partial charge in [0.25, 0.3) is 0 Å². The number of nitrogens with zero attached hydrogens (tertiary/aromatic N) is 3. The molecular formula is C21H26FN5O. The van der Waals surface area contributed by atoms with Gasteiger partial charge in [0.05, 0.1) is 13.3 Å². The van der Waals surface area contributed by atoms with Crippen molar-refractivity contribution in [2.75, 3.05) is 25.5 Å². The maximum absolute atomic E-state index is 13.3. The van der Waals surface area contributed by atoms with Crippen molar-refractivity contribution in [2.24, 2.45) is 0 Å². The lowest BCUT2D eigenvalue weighted by atomic mass is 10.2. The van der Waals surface area contributed by atoms with E-state index in [-0.39, 0.29) is 5.82 Å². The Hall–Kier alpha value is -2.67. The molecule has 0 spiro atoms. The van der Waals surface area contributed by atoms with Gasteiger partial charge in [-0.25, -0.2) is 4.39 Å². The zero-order valence-corrected chi connectivity index (χ0v) is 16.1. The Morgan fingerprint density at radius 1 is 1.18 bits per heavy atom.